The third-order valence-electron chi connectivity index (χ3n) is 10.3. The summed E-state index contributed by atoms with van der Waals surface area (Å²) in [7, 11) is 3.36. The number of nitrogens with zero attached hydrogens (tertiary/aromatic N) is 4. The highest BCUT2D eigenvalue weighted by atomic mass is 32.2. The molecule has 0 aliphatic carbocycles. The van der Waals surface area contributed by atoms with E-state index in [0.29, 0.717) is 35.5 Å². The fourth-order valence-electron chi connectivity index (χ4n) is 7.04. The second-order valence-electron chi connectivity index (χ2n) is 15.0. The molecule has 4 aromatic carbocycles. The lowest BCUT2D eigenvalue weighted by molar-refractivity contribution is -0.130. The van der Waals surface area contributed by atoms with Crippen LogP contribution in [0, 0.1) is 17.7 Å². The first-order valence-electron chi connectivity index (χ1n) is 19.7. The number of hydrogen-bond acceptors (Lipinski definition) is 10. The van der Waals surface area contributed by atoms with Gasteiger partial charge in [-0.25, -0.2) is 14.4 Å². The van der Waals surface area contributed by atoms with Crippen LogP contribution in [0.4, 0.5) is 4.39 Å². The Morgan fingerprint density at radius 1 is 0.695 bits per heavy atom. The molecule has 2 N–H and O–H groups in total. The molecule has 2 fully saturated rings. The zero-order chi connectivity index (χ0) is 41.5. The molecular formula is C46H49FN6O2S4. The van der Waals surface area contributed by atoms with Crippen molar-refractivity contribution >= 4 is 58.0 Å². The summed E-state index contributed by atoms with van der Waals surface area (Å²) >= 11 is 6.81. The zero-order valence-corrected chi connectivity index (χ0v) is 37.2. The highest BCUT2D eigenvalue weighted by Crippen LogP contribution is 2.36. The van der Waals surface area contributed by atoms with Crippen LogP contribution in [0.25, 0.3) is 42.0 Å². The van der Waals surface area contributed by atoms with Gasteiger partial charge in [0.15, 0.2) is 0 Å². The normalized spacial score (nSPS) is 14.6. The van der Waals surface area contributed by atoms with Gasteiger partial charge in [0, 0.05) is 91.9 Å². The van der Waals surface area contributed by atoms with Gasteiger partial charge in [-0.3, -0.25) is 19.4 Å². The van der Waals surface area contributed by atoms with Gasteiger partial charge in [-0.1, -0.05) is 68.4 Å². The van der Waals surface area contributed by atoms with E-state index in [1.54, 1.807) is 43.3 Å². The Labute approximate surface area is 363 Å². The number of nitrogens with one attached hydrogen (secondary N) is 2. The first-order chi connectivity index (χ1) is 28.6. The Bertz CT molecular complexity index is 2330. The average Bonchev–Trinajstić information content (AvgIpc) is 3.92. The van der Waals surface area contributed by atoms with Gasteiger partial charge in [0.05, 0.1) is 21.6 Å². The Hall–Kier alpha value is -4.37. The van der Waals surface area contributed by atoms with Crippen molar-refractivity contribution in [3.63, 3.8) is 0 Å². The first-order valence-corrected chi connectivity index (χ1v) is 23.4. The molecule has 8 nitrogen and oxygen atoms in total. The van der Waals surface area contributed by atoms with Crippen molar-refractivity contribution in [3.05, 3.63) is 120 Å². The van der Waals surface area contributed by atoms with Crippen LogP contribution < -0.4 is 10.6 Å². The van der Waals surface area contributed by atoms with Crippen LogP contribution in [0.3, 0.4) is 0 Å². The van der Waals surface area contributed by atoms with Gasteiger partial charge in [0.25, 0.3) is 0 Å². The molecule has 0 spiro atoms. The zero-order valence-electron chi connectivity index (χ0n) is 33.9. The van der Waals surface area contributed by atoms with Crippen LogP contribution in [0.2, 0.25) is 0 Å². The number of aromatic nitrogens is 2. The van der Waals surface area contributed by atoms with E-state index in [1.807, 2.05) is 36.3 Å². The van der Waals surface area contributed by atoms with E-state index in [-0.39, 0.29) is 29.5 Å². The highest BCUT2D eigenvalue weighted by molar-refractivity contribution is 8.00. The number of thioether (sulfide) groups is 2. The van der Waals surface area contributed by atoms with Gasteiger partial charge in [-0.15, -0.1) is 46.2 Å². The number of carbonyl (C=O) groups is 2. The summed E-state index contributed by atoms with van der Waals surface area (Å²) in [5.41, 5.74) is 6.15. The van der Waals surface area contributed by atoms with Gasteiger partial charge in [0.2, 0.25) is 11.8 Å². The minimum absolute atomic E-state index is 0.0425. The maximum absolute atomic E-state index is 14.8. The molecule has 2 saturated heterocycles. The third kappa shape index (κ3) is 10.9. The van der Waals surface area contributed by atoms with Crippen LogP contribution in [-0.4, -0.2) is 83.4 Å². The van der Waals surface area contributed by atoms with Crippen LogP contribution in [-0.2, 0) is 22.7 Å². The maximum Gasteiger partial charge on any atom is 0.225 e. The summed E-state index contributed by atoms with van der Waals surface area (Å²) in [6, 6.07) is 31.0. The molecule has 0 unspecified atom stereocenters. The molecule has 6 aromatic rings. The summed E-state index contributed by atoms with van der Waals surface area (Å²) in [5.74, 6) is 0.147. The Morgan fingerprint density at radius 2 is 1.17 bits per heavy atom. The molecule has 0 radical (unpaired) electrons. The van der Waals surface area contributed by atoms with E-state index in [1.165, 1.54) is 37.1 Å². The minimum atomic E-state index is -0.259. The number of halogens is 1. The van der Waals surface area contributed by atoms with Gasteiger partial charge in [-0.05, 0) is 64.9 Å². The van der Waals surface area contributed by atoms with Crippen LogP contribution in [0.5, 0.6) is 0 Å². The van der Waals surface area contributed by atoms with Crippen molar-refractivity contribution in [2.45, 2.75) is 42.0 Å². The quantitative estimate of drug-likeness (QED) is 0.111. The summed E-state index contributed by atoms with van der Waals surface area (Å²) in [5, 5.41) is 7.67. The Kier molecular flexibility index (Phi) is 14.3. The number of thiazole rings is 2. The Balaban J connectivity index is 0.000000180. The number of carbonyl (C=O) groups excluding carboxylic acids is 2. The molecule has 13 heteroatoms. The fourth-order valence-corrected chi connectivity index (χ4v) is 10.2. The molecule has 4 heterocycles. The molecule has 2 amide bonds. The van der Waals surface area contributed by atoms with Crippen molar-refractivity contribution in [2.24, 2.45) is 11.8 Å². The van der Waals surface area contributed by atoms with Crippen molar-refractivity contribution in [3.8, 4) is 42.0 Å². The summed E-state index contributed by atoms with van der Waals surface area (Å²) in [6.45, 7) is 9.01. The Morgan fingerprint density at radius 3 is 1.68 bits per heavy atom. The van der Waals surface area contributed by atoms with E-state index in [0.717, 1.165) is 46.2 Å². The second-order valence-corrected chi connectivity index (χ2v) is 19.6. The van der Waals surface area contributed by atoms with E-state index in [9.17, 15) is 14.0 Å². The lowest BCUT2D eigenvalue weighted by Gasteiger charge is -2.38. The number of likely N-dealkylation sites (tertiary alicyclic amines) is 2. The lowest BCUT2D eigenvalue weighted by atomic mass is 9.98. The van der Waals surface area contributed by atoms with E-state index in [4.69, 9.17) is 0 Å². The predicted molar refractivity (Wildman–Crippen MR) is 244 cm³/mol. The van der Waals surface area contributed by atoms with Gasteiger partial charge < -0.3 is 10.6 Å². The van der Waals surface area contributed by atoms with Gasteiger partial charge in [0.1, 0.15) is 15.8 Å². The summed E-state index contributed by atoms with van der Waals surface area (Å²) in [6.07, 6.45) is 5.86. The predicted octanol–water partition coefficient (Wildman–Crippen LogP) is 9.67. The molecular weight excluding hydrogens is 816 g/mol. The fraction of sp³-hybridized carbons (Fsp3) is 0.304. The smallest absolute Gasteiger partial charge is 0.225 e. The van der Waals surface area contributed by atoms with Crippen molar-refractivity contribution < 1.29 is 14.0 Å². The molecule has 2 aliphatic heterocycles. The SMILES string of the molecule is CNC(=O)C1CN(Cc2ccc(-c3ncc(-c4ccc(SC(C)C)cc4)s3)c(F)c2)C1.CNC(=O)C1CN(Cc2ccc(-c3ncc(-c4ccc(SC)cc4)s3)cc2)C1. The third-order valence-corrected chi connectivity index (χ3v) is 14.3. The largest absolute Gasteiger partial charge is 0.359 e. The molecule has 8 rings (SSSR count). The maximum atomic E-state index is 14.8. The number of hydrogen-bond donors (Lipinski definition) is 2. The van der Waals surface area contributed by atoms with Crippen molar-refractivity contribution in [1.29, 1.82) is 0 Å². The van der Waals surface area contributed by atoms with E-state index < -0.39 is 0 Å². The van der Waals surface area contributed by atoms with Gasteiger partial charge in [-0.2, -0.15) is 0 Å². The lowest BCUT2D eigenvalue weighted by Crippen LogP contribution is -2.52. The molecule has 0 saturated carbocycles. The topological polar surface area (TPSA) is 90.5 Å². The van der Waals surface area contributed by atoms with Crippen LogP contribution in [0.1, 0.15) is 25.0 Å². The monoisotopic (exact) mass is 864 g/mol. The highest BCUT2D eigenvalue weighted by Gasteiger charge is 2.32. The molecule has 2 aromatic heterocycles. The van der Waals surface area contributed by atoms with Crippen LogP contribution in [0.15, 0.2) is 113 Å². The molecule has 0 atom stereocenters. The van der Waals surface area contributed by atoms with Gasteiger partial charge >= 0.3 is 0 Å². The number of rotatable bonds is 13. The summed E-state index contributed by atoms with van der Waals surface area (Å²) < 4.78 is 14.8. The average molecular weight is 865 g/mol. The molecule has 306 valence electrons. The second kappa shape index (κ2) is 19.8. The van der Waals surface area contributed by atoms with E-state index in [2.05, 4.69) is 123 Å². The van der Waals surface area contributed by atoms with Crippen molar-refractivity contribution in [1.82, 2.24) is 30.4 Å². The first kappa shape index (κ1) is 42.7. The van der Waals surface area contributed by atoms with Crippen LogP contribution >= 0.6 is 46.2 Å². The molecule has 59 heavy (non-hydrogen) atoms. The number of amides is 2. The standard InChI is InChI=1S/C24H26FN3OS2.C22H23N3OS2/c1-15(2)30-19-7-5-17(6-8-19)22-11-27-24(31-22)20-9-4-16(10-21(20)25)12-28-13-18(14-28)23(29)26-3;1-23-21(26)18-13-25(14-18)12-15-3-5-17(6-4-15)22-24-11-20(28-22)16-7-9-19(27-2)10-8-16/h4-11,15,18H,12-14H2,1-3H3,(H,26,29);3-11,18H,12-14H2,1-2H3,(H,23,26). The molecule has 2 aliphatic rings. The molecule has 0 bridgehead atoms. The van der Waals surface area contributed by atoms with Crippen molar-refractivity contribution in [2.75, 3.05) is 46.5 Å². The van der Waals surface area contributed by atoms with E-state index >= 15 is 0 Å². The summed E-state index contributed by atoms with van der Waals surface area (Å²) in [4.78, 5) is 41.5. The number of benzene rings is 4. The minimum Gasteiger partial charge on any atom is -0.359 e.